The SMILES string of the molecule is NC(=O)c1ncc(S(N)(=O)=O)s1. The highest BCUT2D eigenvalue weighted by Gasteiger charge is 2.14. The molecule has 1 aromatic rings. The van der Waals surface area contributed by atoms with Gasteiger partial charge in [0.25, 0.3) is 5.91 Å². The molecule has 0 saturated carbocycles. The molecule has 66 valence electrons. The smallest absolute Gasteiger partial charge is 0.277 e. The van der Waals surface area contributed by atoms with E-state index in [0.29, 0.717) is 11.3 Å². The Balaban J connectivity index is 3.17. The van der Waals surface area contributed by atoms with Crippen LogP contribution in [0.3, 0.4) is 0 Å². The van der Waals surface area contributed by atoms with E-state index in [4.69, 9.17) is 10.9 Å². The third kappa shape index (κ3) is 1.78. The van der Waals surface area contributed by atoms with Crippen molar-refractivity contribution in [3.8, 4) is 0 Å². The van der Waals surface area contributed by atoms with Gasteiger partial charge in [-0.15, -0.1) is 0 Å². The molecular formula is C4H5N3O3S2. The van der Waals surface area contributed by atoms with Crippen molar-refractivity contribution >= 4 is 27.3 Å². The molecule has 1 amide bonds. The summed E-state index contributed by atoms with van der Waals surface area (Å²) in [6.45, 7) is 0. The molecule has 0 aromatic carbocycles. The van der Waals surface area contributed by atoms with Crippen LogP contribution in [0.15, 0.2) is 10.4 Å². The lowest BCUT2D eigenvalue weighted by Gasteiger charge is -1.86. The van der Waals surface area contributed by atoms with Crippen LogP contribution in [0.25, 0.3) is 0 Å². The van der Waals surface area contributed by atoms with Crippen LogP contribution in [0.1, 0.15) is 9.80 Å². The average molecular weight is 207 g/mol. The molecule has 0 aliphatic carbocycles. The van der Waals surface area contributed by atoms with E-state index in [-0.39, 0.29) is 9.22 Å². The van der Waals surface area contributed by atoms with Gasteiger partial charge in [0.05, 0.1) is 6.20 Å². The Morgan fingerprint density at radius 3 is 2.42 bits per heavy atom. The molecule has 0 unspecified atom stereocenters. The molecular weight excluding hydrogens is 202 g/mol. The Labute approximate surface area is 72.3 Å². The van der Waals surface area contributed by atoms with E-state index in [1.54, 1.807) is 0 Å². The average Bonchev–Trinajstić information content (AvgIpc) is 2.30. The van der Waals surface area contributed by atoms with Crippen molar-refractivity contribution in [1.29, 1.82) is 0 Å². The number of primary sulfonamides is 1. The summed E-state index contributed by atoms with van der Waals surface area (Å²) in [5.74, 6) is -0.769. The zero-order valence-electron chi connectivity index (χ0n) is 5.72. The molecule has 8 heteroatoms. The molecule has 4 N–H and O–H groups in total. The van der Waals surface area contributed by atoms with E-state index in [0.717, 1.165) is 6.20 Å². The molecule has 1 aromatic heterocycles. The van der Waals surface area contributed by atoms with Gasteiger partial charge in [0.1, 0.15) is 0 Å². The lowest BCUT2D eigenvalue weighted by Crippen LogP contribution is -2.10. The number of carbonyl (C=O) groups excluding carboxylic acids is 1. The first-order valence-corrected chi connectivity index (χ1v) is 5.06. The van der Waals surface area contributed by atoms with Crippen molar-refractivity contribution in [2.45, 2.75) is 4.21 Å². The molecule has 12 heavy (non-hydrogen) atoms. The molecule has 1 heterocycles. The van der Waals surface area contributed by atoms with Crippen LogP contribution in [-0.4, -0.2) is 19.3 Å². The summed E-state index contributed by atoms with van der Waals surface area (Å²) < 4.78 is 21.2. The zero-order chi connectivity index (χ0) is 9.35. The number of sulfonamides is 1. The van der Waals surface area contributed by atoms with Gasteiger partial charge >= 0.3 is 0 Å². The van der Waals surface area contributed by atoms with Gasteiger partial charge in [-0.3, -0.25) is 4.79 Å². The number of rotatable bonds is 2. The molecule has 0 radical (unpaired) electrons. The molecule has 0 spiro atoms. The summed E-state index contributed by atoms with van der Waals surface area (Å²) in [5.41, 5.74) is 4.84. The number of hydrogen-bond donors (Lipinski definition) is 2. The molecule has 0 bridgehead atoms. The zero-order valence-corrected chi connectivity index (χ0v) is 7.35. The van der Waals surface area contributed by atoms with Gasteiger partial charge in [-0.2, -0.15) is 0 Å². The number of aromatic nitrogens is 1. The summed E-state index contributed by atoms with van der Waals surface area (Å²) in [6.07, 6.45) is 1.00. The number of primary amides is 1. The van der Waals surface area contributed by atoms with E-state index in [2.05, 4.69) is 4.98 Å². The van der Waals surface area contributed by atoms with Crippen molar-refractivity contribution in [2.24, 2.45) is 10.9 Å². The van der Waals surface area contributed by atoms with Crippen molar-refractivity contribution in [1.82, 2.24) is 4.98 Å². The molecule has 6 nitrogen and oxygen atoms in total. The fraction of sp³-hybridized carbons (Fsp3) is 0. The van der Waals surface area contributed by atoms with Crippen LogP contribution in [0.4, 0.5) is 0 Å². The fourth-order valence-electron chi connectivity index (χ4n) is 0.505. The first-order chi connectivity index (χ1) is 5.41. The third-order valence-electron chi connectivity index (χ3n) is 0.976. The van der Waals surface area contributed by atoms with E-state index in [9.17, 15) is 13.2 Å². The Morgan fingerprint density at radius 2 is 2.17 bits per heavy atom. The number of nitrogens with zero attached hydrogens (tertiary/aromatic N) is 1. The number of amides is 1. The van der Waals surface area contributed by atoms with Crippen LogP contribution >= 0.6 is 11.3 Å². The summed E-state index contributed by atoms with van der Waals surface area (Å²) in [5, 5.41) is 4.69. The van der Waals surface area contributed by atoms with Gasteiger partial charge in [-0.1, -0.05) is 11.3 Å². The fourth-order valence-corrected chi connectivity index (χ4v) is 1.91. The van der Waals surface area contributed by atoms with Crippen LogP contribution in [0.5, 0.6) is 0 Å². The Kier molecular flexibility index (Phi) is 2.13. The van der Waals surface area contributed by atoms with Crippen LogP contribution in [0.2, 0.25) is 0 Å². The minimum atomic E-state index is -3.77. The van der Waals surface area contributed by atoms with Crippen LogP contribution < -0.4 is 10.9 Å². The summed E-state index contributed by atoms with van der Waals surface area (Å²) in [4.78, 5) is 13.9. The van der Waals surface area contributed by atoms with E-state index in [1.807, 2.05) is 0 Å². The second-order valence-corrected chi connectivity index (χ2v) is 4.71. The van der Waals surface area contributed by atoms with Gasteiger partial charge in [0.2, 0.25) is 10.0 Å². The normalized spacial score (nSPS) is 11.4. The van der Waals surface area contributed by atoms with Crippen LogP contribution in [-0.2, 0) is 10.0 Å². The highest BCUT2D eigenvalue weighted by molar-refractivity contribution is 7.91. The van der Waals surface area contributed by atoms with Crippen LogP contribution in [0, 0.1) is 0 Å². The Bertz CT molecular complexity index is 407. The number of nitrogens with two attached hydrogens (primary N) is 2. The van der Waals surface area contributed by atoms with Gasteiger partial charge in [0, 0.05) is 0 Å². The third-order valence-corrected chi connectivity index (χ3v) is 3.40. The number of thiazole rings is 1. The van der Waals surface area contributed by atoms with Crippen molar-refractivity contribution < 1.29 is 13.2 Å². The van der Waals surface area contributed by atoms with E-state index < -0.39 is 15.9 Å². The predicted octanol–water partition coefficient (Wildman–Crippen LogP) is -1.11. The largest absolute Gasteiger partial charge is 0.364 e. The van der Waals surface area contributed by atoms with Gasteiger partial charge < -0.3 is 5.73 Å². The maximum atomic E-state index is 10.7. The summed E-state index contributed by atoms with van der Waals surface area (Å²) in [6, 6.07) is 0. The summed E-state index contributed by atoms with van der Waals surface area (Å²) >= 11 is 0.649. The van der Waals surface area contributed by atoms with E-state index in [1.165, 1.54) is 0 Å². The van der Waals surface area contributed by atoms with Crippen molar-refractivity contribution in [2.75, 3.05) is 0 Å². The topological polar surface area (TPSA) is 116 Å². The standard InChI is InChI=1S/C4H5N3O3S2/c5-3(8)4-7-1-2(11-4)12(6,9)10/h1H,(H2,5,8)(H2,6,9,10). The second kappa shape index (κ2) is 2.81. The molecule has 1 rings (SSSR count). The molecule has 0 aliphatic heterocycles. The molecule has 0 atom stereocenters. The maximum Gasteiger partial charge on any atom is 0.277 e. The Hall–Kier alpha value is -0.990. The van der Waals surface area contributed by atoms with Crippen molar-refractivity contribution in [3.63, 3.8) is 0 Å². The summed E-state index contributed by atoms with van der Waals surface area (Å²) in [7, 11) is -3.77. The molecule has 0 aliphatic rings. The second-order valence-electron chi connectivity index (χ2n) is 1.89. The minimum absolute atomic E-state index is 0.0703. The minimum Gasteiger partial charge on any atom is -0.364 e. The Morgan fingerprint density at radius 1 is 1.58 bits per heavy atom. The van der Waals surface area contributed by atoms with Gasteiger partial charge in [-0.25, -0.2) is 18.5 Å². The van der Waals surface area contributed by atoms with Gasteiger partial charge in [-0.05, 0) is 0 Å². The first-order valence-electron chi connectivity index (χ1n) is 2.69. The highest BCUT2D eigenvalue weighted by Crippen LogP contribution is 2.15. The molecule has 0 fully saturated rings. The monoisotopic (exact) mass is 207 g/mol. The number of carbonyl (C=O) groups is 1. The highest BCUT2D eigenvalue weighted by atomic mass is 32.2. The lowest BCUT2D eigenvalue weighted by atomic mass is 10.7. The quantitative estimate of drug-likeness (QED) is 0.639. The first kappa shape index (κ1) is 9.10. The van der Waals surface area contributed by atoms with E-state index >= 15 is 0 Å². The number of hydrogen-bond acceptors (Lipinski definition) is 5. The molecule has 0 saturated heterocycles. The lowest BCUT2D eigenvalue weighted by molar-refractivity contribution is 0.1000. The van der Waals surface area contributed by atoms with Gasteiger partial charge in [0.15, 0.2) is 9.22 Å². The van der Waals surface area contributed by atoms with Crippen molar-refractivity contribution in [3.05, 3.63) is 11.2 Å². The maximum absolute atomic E-state index is 10.7. The predicted molar refractivity (Wildman–Crippen MR) is 42.0 cm³/mol.